The Morgan fingerprint density at radius 3 is 2.85 bits per heavy atom. The van der Waals surface area contributed by atoms with Crippen molar-refractivity contribution in [2.24, 2.45) is 17.8 Å². The first-order valence-corrected chi connectivity index (χ1v) is 6.88. The molecule has 20 heavy (non-hydrogen) atoms. The quantitative estimate of drug-likeness (QED) is 0.812. The van der Waals surface area contributed by atoms with E-state index in [0.29, 0.717) is 17.5 Å². The Morgan fingerprint density at radius 2 is 2.20 bits per heavy atom. The van der Waals surface area contributed by atoms with Crippen LogP contribution in [0.25, 0.3) is 0 Å². The zero-order valence-electron chi connectivity index (χ0n) is 11.1. The second-order valence-corrected chi connectivity index (χ2v) is 5.39. The number of hydrogen-bond donors (Lipinski definition) is 2. The maximum absolute atomic E-state index is 12.1. The summed E-state index contributed by atoms with van der Waals surface area (Å²) in [6, 6.07) is 3.50. The summed E-state index contributed by atoms with van der Waals surface area (Å²) in [6.07, 6.45) is 9.54. The molecule has 0 saturated heterocycles. The summed E-state index contributed by atoms with van der Waals surface area (Å²) in [6.45, 7) is 0.00529. The zero-order chi connectivity index (χ0) is 13.9. The first kappa shape index (κ1) is 12.8. The van der Waals surface area contributed by atoms with Crippen molar-refractivity contribution in [2.45, 2.75) is 12.8 Å². The standard InChI is InChI=1S/C15H17N3O2/c19-14(18-12-2-1-5-16-8-12)9-17-15(20)13-7-10-3-4-11(13)6-10/h1-5,8,10-11,13H,6-7,9H2,(H,17,20)(H,18,19)/t10-,11-,13+/m0/s1. The van der Waals surface area contributed by atoms with Crippen molar-refractivity contribution >= 4 is 17.5 Å². The zero-order valence-corrected chi connectivity index (χ0v) is 11.1. The molecule has 0 radical (unpaired) electrons. The van der Waals surface area contributed by atoms with Gasteiger partial charge in [0.2, 0.25) is 11.8 Å². The fourth-order valence-corrected chi connectivity index (χ4v) is 3.02. The molecule has 0 aromatic carbocycles. The van der Waals surface area contributed by atoms with Crippen LogP contribution in [0.1, 0.15) is 12.8 Å². The largest absolute Gasteiger partial charge is 0.347 e. The smallest absolute Gasteiger partial charge is 0.243 e. The number of hydrogen-bond acceptors (Lipinski definition) is 3. The highest BCUT2D eigenvalue weighted by molar-refractivity contribution is 5.94. The molecule has 1 fully saturated rings. The van der Waals surface area contributed by atoms with Gasteiger partial charge in [0.1, 0.15) is 0 Å². The van der Waals surface area contributed by atoms with Crippen LogP contribution in [-0.2, 0) is 9.59 Å². The summed E-state index contributed by atoms with van der Waals surface area (Å²) in [5.74, 6) is 0.714. The number of fused-ring (bicyclic) bond motifs is 2. The molecular formula is C15H17N3O2. The van der Waals surface area contributed by atoms with Gasteiger partial charge >= 0.3 is 0 Å². The summed E-state index contributed by atoms with van der Waals surface area (Å²) >= 11 is 0. The van der Waals surface area contributed by atoms with Gasteiger partial charge in [0.05, 0.1) is 18.4 Å². The van der Waals surface area contributed by atoms with E-state index in [2.05, 4.69) is 27.8 Å². The van der Waals surface area contributed by atoms with Crippen LogP contribution < -0.4 is 10.6 Å². The monoisotopic (exact) mass is 271 g/mol. The highest BCUT2D eigenvalue weighted by Crippen LogP contribution is 2.43. The number of allylic oxidation sites excluding steroid dienone is 2. The maximum Gasteiger partial charge on any atom is 0.243 e. The lowest BCUT2D eigenvalue weighted by atomic mass is 9.93. The molecule has 1 aromatic rings. The average Bonchev–Trinajstić information content (AvgIpc) is 3.08. The highest BCUT2D eigenvalue weighted by atomic mass is 16.2. The van der Waals surface area contributed by atoms with Gasteiger partial charge in [-0.3, -0.25) is 14.6 Å². The molecule has 3 rings (SSSR count). The minimum absolute atomic E-state index is 0.00529. The maximum atomic E-state index is 12.1. The number of pyridine rings is 1. The SMILES string of the molecule is O=C(CNC(=O)[C@@H]1C[C@H]2C=C[C@H]1C2)Nc1cccnc1. The van der Waals surface area contributed by atoms with Gasteiger partial charge in [-0.1, -0.05) is 12.2 Å². The van der Waals surface area contributed by atoms with Crippen LogP contribution in [0.3, 0.4) is 0 Å². The van der Waals surface area contributed by atoms with Crippen LogP contribution in [0.4, 0.5) is 5.69 Å². The van der Waals surface area contributed by atoms with E-state index in [1.54, 1.807) is 24.5 Å². The number of carbonyl (C=O) groups is 2. The lowest BCUT2D eigenvalue weighted by molar-refractivity contribution is -0.127. The molecular weight excluding hydrogens is 254 g/mol. The number of nitrogens with zero attached hydrogens (tertiary/aromatic N) is 1. The van der Waals surface area contributed by atoms with Crippen LogP contribution in [0.5, 0.6) is 0 Å². The Hall–Kier alpha value is -2.17. The van der Waals surface area contributed by atoms with Gasteiger partial charge in [-0.15, -0.1) is 0 Å². The number of amides is 2. The number of aromatic nitrogens is 1. The fraction of sp³-hybridized carbons (Fsp3) is 0.400. The lowest BCUT2D eigenvalue weighted by Gasteiger charge is -2.17. The molecule has 2 bridgehead atoms. The molecule has 104 valence electrons. The molecule has 5 nitrogen and oxygen atoms in total. The van der Waals surface area contributed by atoms with Crippen LogP contribution >= 0.6 is 0 Å². The van der Waals surface area contributed by atoms with E-state index >= 15 is 0 Å². The predicted octanol–water partition coefficient (Wildman–Crippen LogP) is 1.35. The first-order chi connectivity index (χ1) is 9.72. The van der Waals surface area contributed by atoms with E-state index in [0.717, 1.165) is 12.8 Å². The number of anilines is 1. The molecule has 2 aliphatic carbocycles. The number of nitrogens with one attached hydrogen (secondary N) is 2. The van der Waals surface area contributed by atoms with Gasteiger partial charge in [0.15, 0.2) is 0 Å². The summed E-state index contributed by atoms with van der Waals surface area (Å²) in [5, 5.41) is 5.42. The molecule has 2 N–H and O–H groups in total. The molecule has 0 unspecified atom stereocenters. The van der Waals surface area contributed by atoms with Crippen LogP contribution in [0, 0.1) is 17.8 Å². The normalized spacial score (nSPS) is 26.5. The van der Waals surface area contributed by atoms with Crippen molar-refractivity contribution < 1.29 is 9.59 Å². The van der Waals surface area contributed by atoms with Crippen molar-refractivity contribution in [1.82, 2.24) is 10.3 Å². The molecule has 1 heterocycles. The summed E-state index contributed by atoms with van der Waals surface area (Å²) in [7, 11) is 0. The van der Waals surface area contributed by atoms with E-state index in [9.17, 15) is 9.59 Å². The van der Waals surface area contributed by atoms with Gasteiger partial charge in [-0.2, -0.15) is 0 Å². The molecule has 0 spiro atoms. The van der Waals surface area contributed by atoms with Crippen molar-refractivity contribution in [3.63, 3.8) is 0 Å². The Morgan fingerprint density at radius 1 is 1.30 bits per heavy atom. The van der Waals surface area contributed by atoms with E-state index in [4.69, 9.17) is 0 Å². The highest BCUT2D eigenvalue weighted by Gasteiger charge is 2.39. The second-order valence-electron chi connectivity index (χ2n) is 5.39. The molecule has 2 amide bonds. The Bertz CT molecular complexity index is 541. The van der Waals surface area contributed by atoms with Gasteiger partial charge in [0.25, 0.3) is 0 Å². The number of carbonyl (C=O) groups excluding carboxylic acids is 2. The van der Waals surface area contributed by atoms with E-state index in [-0.39, 0.29) is 24.3 Å². The van der Waals surface area contributed by atoms with Crippen LogP contribution in [-0.4, -0.2) is 23.3 Å². The predicted molar refractivity (Wildman–Crippen MR) is 74.7 cm³/mol. The molecule has 1 saturated carbocycles. The van der Waals surface area contributed by atoms with Gasteiger partial charge in [-0.25, -0.2) is 0 Å². The van der Waals surface area contributed by atoms with Crippen molar-refractivity contribution in [3.8, 4) is 0 Å². The minimum Gasteiger partial charge on any atom is -0.347 e. The topological polar surface area (TPSA) is 71.1 Å². The summed E-state index contributed by atoms with van der Waals surface area (Å²) in [5.41, 5.74) is 0.634. The Labute approximate surface area is 117 Å². The molecule has 1 aromatic heterocycles. The minimum atomic E-state index is -0.231. The van der Waals surface area contributed by atoms with E-state index in [1.165, 1.54) is 0 Å². The van der Waals surface area contributed by atoms with Gasteiger partial charge in [0, 0.05) is 12.1 Å². The third-order valence-electron chi connectivity index (χ3n) is 3.98. The van der Waals surface area contributed by atoms with Gasteiger partial charge in [-0.05, 0) is 36.8 Å². The third kappa shape index (κ3) is 2.71. The van der Waals surface area contributed by atoms with Crippen molar-refractivity contribution in [2.75, 3.05) is 11.9 Å². The van der Waals surface area contributed by atoms with Crippen LogP contribution in [0.2, 0.25) is 0 Å². The van der Waals surface area contributed by atoms with E-state index in [1.807, 2.05) is 0 Å². The molecule has 5 heteroatoms. The molecule has 3 atom stereocenters. The van der Waals surface area contributed by atoms with Crippen molar-refractivity contribution in [3.05, 3.63) is 36.7 Å². The van der Waals surface area contributed by atoms with Gasteiger partial charge < -0.3 is 10.6 Å². The summed E-state index contributed by atoms with van der Waals surface area (Å²) < 4.78 is 0. The number of rotatable bonds is 4. The average molecular weight is 271 g/mol. The summed E-state index contributed by atoms with van der Waals surface area (Å²) in [4.78, 5) is 27.7. The van der Waals surface area contributed by atoms with Crippen molar-refractivity contribution in [1.29, 1.82) is 0 Å². The molecule has 0 aliphatic heterocycles. The lowest BCUT2D eigenvalue weighted by Crippen LogP contribution is -2.38. The third-order valence-corrected chi connectivity index (χ3v) is 3.98. The first-order valence-electron chi connectivity index (χ1n) is 6.88. The van der Waals surface area contributed by atoms with Crippen LogP contribution in [0.15, 0.2) is 36.7 Å². The van der Waals surface area contributed by atoms with E-state index < -0.39 is 0 Å². The Balaban J connectivity index is 1.46. The fourth-order valence-electron chi connectivity index (χ4n) is 3.02. The molecule has 2 aliphatic rings. The Kier molecular flexibility index (Phi) is 3.50. The second kappa shape index (κ2) is 5.45.